The average Bonchev–Trinajstić information content (AvgIpc) is 1.07. The van der Waals surface area contributed by atoms with Crippen molar-refractivity contribution >= 4 is 5.97 Å². The Kier molecular flexibility index (Phi) is 18.0. The summed E-state index contributed by atoms with van der Waals surface area (Å²) in [7, 11) is 0. The van der Waals surface area contributed by atoms with E-state index in [1.165, 1.54) is 6.92 Å². The van der Waals surface area contributed by atoms with Crippen molar-refractivity contribution in [3.63, 3.8) is 0 Å². The highest BCUT2D eigenvalue weighted by molar-refractivity contribution is 5.79. The number of hydrogen-bond acceptors (Lipinski definition) is 26. The maximum absolute atomic E-state index is 15.7. The van der Waals surface area contributed by atoms with Gasteiger partial charge in [0.05, 0.1) is 63.4 Å². The zero-order valence-corrected chi connectivity index (χ0v) is 48.3. The van der Waals surface area contributed by atoms with Crippen LogP contribution in [0.4, 0.5) is 0 Å². The molecule has 5 aliphatic heterocycles. The first-order valence-corrected chi connectivity index (χ1v) is 29.6. The summed E-state index contributed by atoms with van der Waals surface area (Å²) >= 11 is 0. The van der Waals surface area contributed by atoms with Gasteiger partial charge in [-0.2, -0.15) is 0 Å². The average molecular weight is 1190 g/mol. The molecule has 0 amide bonds. The SMILES string of the molecule is CC1OC(OC2C(OC(=O)C34CCC(C)(C)CC3C3=CCC5C6(C)CC(O)C(OC7OC(CO)C(O)C(O)C7O)C(C)(CO)C6CCC5(C)C3(C)CC4)OCC(O)C2OC2OCC(O)(CO)C2O)C(O)C(O)C1OC1OCC(O)C(O)C1O. The van der Waals surface area contributed by atoms with Gasteiger partial charge in [-0.1, -0.05) is 53.2 Å². The number of carbonyl (C=O) groups excluding carboxylic acids is 1. The van der Waals surface area contributed by atoms with E-state index >= 15 is 4.79 Å². The van der Waals surface area contributed by atoms with E-state index < -0.39 is 214 Å². The predicted octanol–water partition coefficient (Wildman–Crippen LogP) is -3.32. The summed E-state index contributed by atoms with van der Waals surface area (Å²) in [6.07, 6.45) is -27.7. The molecule has 10 aliphatic rings. The molecule has 0 aromatic heterocycles. The molecule has 4 saturated carbocycles. The van der Waals surface area contributed by atoms with Gasteiger partial charge >= 0.3 is 5.97 Å². The van der Waals surface area contributed by atoms with E-state index in [9.17, 15) is 76.6 Å². The Morgan fingerprint density at radius 1 is 0.602 bits per heavy atom. The lowest BCUT2D eigenvalue weighted by Crippen LogP contribution is -2.69. The summed E-state index contributed by atoms with van der Waals surface area (Å²) in [5.41, 5.74) is -4.99. The third kappa shape index (κ3) is 10.5. The number of hydrogen-bond donors (Lipinski definition) is 15. The molecular weight excluding hydrogens is 1100 g/mol. The summed E-state index contributed by atoms with van der Waals surface area (Å²) < 4.78 is 60.1. The quantitative estimate of drug-likeness (QED) is 0.0487. The van der Waals surface area contributed by atoms with Gasteiger partial charge in [-0.3, -0.25) is 4.79 Å². The van der Waals surface area contributed by atoms with Gasteiger partial charge in [-0.05, 0) is 104 Å². The minimum absolute atomic E-state index is 0.0468. The van der Waals surface area contributed by atoms with Crippen molar-refractivity contribution in [2.75, 3.05) is 39.6 Å². The smallest absolute Gasteiger partial charge is 0.315 e. The Morgan fingerprint density at radius 3 is 1.90 bits per heavy atom. The van der Waals surface area contributed by atoms with Crippen LogP contribution < -0.4 is 0 Å². The highest BCUT2D eigenvalue weighted by Gasteiger charge is 2.72. The number of carbonyl (C=O) groups is 1. The molecular formula is C57H92O26. The lowest BCUT2D eigenvalue weighted by molar-refractivity contribution is -0.376. The third-order valence-electron chi connectivity index (χ3n) is 22.5. The molecule has 0 bridgehead atoms. The van der Waals surface area contributed by atoms with Crippen LogP contribution in [-0.2, 0) is 52.2 Å². The number of ether oxygens (including phenoxy) is 10. The molecule has 15 N–H and O–H groups in total. The molecule has 476 valence electrons. The van der Waals surface area contributed by atoms with Crippen molar-refractivity contribution in [2.24, 2.45) is 50.2 Å². The standard InChI is InChI=1S/C57H92O26/c1-24-40(79-45-37(68)33(64)28(62)19-74-45)36(67)39(70)46(77-24)81-42-41(80-49-43(71)57(73,22-60)23-76-49)29(63)20-75-48(42)83-50(72)56-14-12-51(2,3)16-26(56)25-8-9-32-52(4)17-27(61)44(82-47-38(69)35(66)34(65)30(18-58)78-47)53(5,21-59)31(52)10-11-55(32,7)54(25,6)13-15-56/h8,24,26-49,58-71,73H,9-23H2,1-7H3. The van der Waals surface area contributed by atoms with E-state index in [1.54, 1.807) is 0 Å². The van der Waals surface area contributed by atoms with Crippen molar-refractivity contribution in [3.05, 3.63) is 11.6 Å². The van der Waals surface area contributed by atoms with E-state index in [0.717, 1.165) is 5.57 Å². The van der Waals surface area contributed by atoms with Gasteiger partial charge < -0.3 is 124 Å². The highest BCUT2D eigenvalue weighted by atomic mass is 16.8. The second-order valence-electron chi connectivity index (χ2n) is 27.9. The van der Waals surface area contributed by atoms with Crippen molar-refractivity contribution in [1.82, 2.24) is 0 Å². The minimum Gasteiger partial charge on any atom is -0.432 e. The number of allylic oxidation sites excluding steroid dienone is 2. The van der Waals surface area contributed by atoms with E-state index in [0.29, 0.717) is 51.4 Å². The number of aliphatic hydroxyl groups excluding tert-OH is 14. The third-order valence-corrected chi connectivity index (χ3v) is 22.5. The summed E-state index contributed by atoms with van der Waals surface area (Å²) in [5.74, 6) is -1.26. The van der Waals surface area contributed by atoms with Gasteiger partial charge in [-0.15, -0.1) is 0 Å². The maximum atomic E-state index is 15.7. The molecule has 0 aromatic rings. The molecule has 26 nitrogen and oxygen atoms in total. The summed E-state index contributed by atoms with van der Waals surface area (Å²) in [5, 5.41) is 163. The zero-order valence-electron chi connectivity index (χ0n) is 48.3. The van der Waals surface area contributed by atoms with Crippen LogP contribution in [0.15, 0.2) is 11.6 Å². The van der Waals surface area contributed by atoms with Gasteiger partial charge in [0.2, 0.25) is 6.29 Å². The van der Waals surface area contributed by atoms with E-state index in [2.05, 4.69) is 40.7 Å². The lowest BCUT2D eigenvalue weighted by atomic mass is 9.33. The first-order chi connectivity index (χ1) is 38.9. The highest BCUT2D eigenvalue weighted by Crippen LogP contribution is 2.76. The van der Waals surface area contributed by atoms with Gasteiger partial charge in [0.1, 0.15) is 85.0 Å². The molecule has 10 rings (SSSR count). The lowest BCUT2D eigenvalue weighted by Gasteiger charge is -2.72. The zero-order chi connectivity index (χ0) is 60.5. The molecule has 5 heterocycles. The summed E-state index contributed by atoms with van der Waals surface area (Å²) in [4.78, 5) is 15.7. The van der Waals surface area contributed by atoms with Crippen LogP contribution >= 0.6 is 0 Å². The van der Waals surface area contributed by atoms with Gasteiger partial charge in [0.25, 0.3) is 0 Å². The van der Waals surface area contributed by atoms with Crippen LogP contribution in [-0.4, -0.2) is 263 Å². The first-order valence-electron chi connectivity index (χ1n) is 29.6. The Bertz CT molecular complexity index is 2330. The fraction of sp³-hybridized carbons (Fsp3) is 0.947. The fourth-order valence-electron chi connectivity index (χ4n) is 17.3. The van der Waals surface area contributed by atoms with Crippen molar-refractivity contribution in [3.8, 4) is 0 Å². The largest absolute Gasteiger partial charge is 0.432 e. The second kappa shape index (κ2) is 23.2. The number of rotatable bonds is 13. The Morgan fingerprint density at radius 2 is 1.23 bits per heavy atom. The molecule has 9 fully saturated rings. The van der Waals surface area contributed by atoms with Crippen LogP contribution in [0.5, 0.6) is 0 Å². The van der Waals surface area contributed by atoms with Crippen LogP contribution in [0.1, 0.15) is 106 Å². The molecule has 5 saturated heterocycles. The van der Waals surface area contributed by atoms with Crippen LogP contribution in [0.3, 0.4) is 0 Å². The van der Waals surface area contributed by atoms with Crippen molar-refractivity contribution in [2.45, 2.75) is 247 Å². The number of esters is 1. The molecule has 0 spiro atoms. The monoisotopic (exact) mass is 1190 g/mol. The van der Waals surface area contributed by atoms with E-state index in [4.69, 9.17) is 47.4 Å². The van der Waals surface area contributed by atoms with Crippen molar-refractivity contribution < 1.29 is 129 Å². The van der Waals surface area contributed by atoms with Gasteiger partial charge in [0, 0.05) is 5.41 Å². The van der Waals surface area contributed by atoms with Gasteiger partial charge in [0.15, 0.2) is 31.3 Å². The maximum Gasteiger partial charge on any atom is 0.315 e. The molecule has 31 unspecified atom stereocenters. The normalized spacial score (nSPS) is 55.3. The van der Waals surface area contributed by atoms with E-state index in [-0.39, 0.29) is 29.6 Å². The summed E-state index contributed by atoms with van der Waals surface area (Å²) in [6, 6.07) is 0. The summed E-state index contributed by atoms with van der Waals surface area (Å²) in [6.45, 7) is 10.9. The predicted molar refractivity (Wildman–Crippen MR) is 279 cm³/mol. The second-order valence-corrected chi connectivity index (χ2v) is 27.9. The first kappa shape index (κ1) is 64.2. The molecule has 0 radical (unpaired) electrons. The van der Waals surface area contributed by atoms with E-state index in [1.807, 2.05) is 6.92 Å². The fourth-order valence-corrected chi connectivity index (χ4v) is 17.3. The molecule has 5 aliphatic carbocycles. The molecule has 31 atom stereocenters. The minimum atomic E-state index is -2.15. The number of fused-ring (bicyclic) bond motifs is 7. The van der Waals surface area contributed by atoms with Crippen molar-refractivity contribution in [1.29, 1.82) is 0 Å². The molecule has 26 heteroatoms. The van der Waals surface area contributed by atoms with Crippen LogP contribution in [0.25, 0.3) is 0 Å². The van der Waals surface area contributed by atoms with Crippen LogP contribution in [0, 0.1) is 50.2 Å². The Labute approximate surface area is 482 Å². The molecule has 83 heavy (non-hydrogen) atoms. The Balaban J connectivity index is 0.924. The Hall–Kier alpha value is -1.75. The molecule has 0 aromatic carbocycles. The number of aliphatic hydroxyl groups is 15. The topological polar surface area (TPSA) is 413 Å². The van der Waals surface area contributed by atoms with Gasteiger partial charge in [-0.25, -0.2) is 0 Å². The van der Waals surface area contributed by atoms with Crippen LogP contribution in [0.2, 0.25) is 0 Å².